The molecule has 0 atom stereocenters. The van der Waals surface area contributed by atoms with Crippen LogP contribution in [0.4, 0.5) is 5.69 Å². The lowest BCUT2D eigenvalue weighted by atomic mass is 10.3. The molecule has 1 aliphatic heterocycles. The number of hydrogen-bond acceptors (Lipinski definition) is 4. The maximum atomic E-state index is 11.9. The summed E-state index contributed by atoms with van der Waals surface area (Å²) in [7, 11) is 0. The van der Waals surface area contributed by atoms with Gasteiger partial charge < -0.3 is 11.1 Å². The van der Waals surface area contributed by atoms with E-state index in [0.29, 0.717) is 13.1 Å². The fraction of sp³-hybridized carbons (Fsp3) is 0.500. The Morgan fingerprint density at radius 2 is 1.74 bits per heavy atom. The van der Waals surface area contributed by atoms with E-state index in [0.717, 1.165) is 38.4 Å². The van der Waals surface area contributed by atoms with Crippen molar-refractivity contribution >= 4 is 11.6 Å². The van der Waals surface area contributed by atoms with Gasteiger partial charge in [-0.2, -0.15) is 0 Å². The predicted molar refractivity (Wildman–Crippen MR) is 77.0 cm³/mol. The molecule has 0 radical (unpaired) electrons. The van der Waals surface area contributed by atoms with E-state index in [9.17, 15) is 4.79 Å². The van der Waals surface area contributed by atoms with Gasteiger partial charge in [-0.05, 0) is 12.1 Å². The topological polar surface area (TPSA) is 61.6 Å². The number of nitrogens with zero attached hydrogens (tertiary/aromatic N) is 2. The smallest absolute Gasteiger partial charge is 0.238 e. The maximum absolute atomic E-state index is 11.9. The van der Waals surface area contributed by atoms with E-state index >= 15 is 0 Å². The van der Waals surface area contributed by atoms with E-state index in [2.05, 4.69) is 15.1 Å². The lowest BCUT2D eigenvalue weighted by molar-refractivity contribution is -0.117. The second kappa shape index (κ2) is 7.23. The van der Waals surface area contributed by atoms with Crippen molar-refractivity contribution in [2.75, 3.05) is 51.1 Å². The first-order chi connectivity index (χ1) is 9.28. The second-order valence-electron chi connectivity index (χ2n) is 4.82. The van der Waals surface area contributed by atoms with Crippen LogP contribution in [-0.2, 0) is 4.79 Å². The van der Waals surface area contributed by atoms with Gasteiger partial charge in [-0.1, -0.05) is 18.2 Å². The van der Waals surface area contributed by atoms with Crippen molar-refractivity contribution in [1.29, 1.82) is 0 Å². The quantitative estimate of drug-likeness (QED) is 0.796. The van der Waals surface area contributed by atoms with Crippen molar-refractivity contribution in [2.24, 2.45) is 5.73 Å². The molecule has 0 aromatic heterocycles. The molecule has 1 aromatic rings. The van der Waals surface area contributed by atoms with Crippen molar-refractivity contribution in [2.45, 2.75) is 0 Å². The van der Waals surface area contributed by atoms with Crippen molar-refractivity contribution in [3.05, 3.63) is 30.3 Å². The van der Waals surface area contributed by atoms with Crippen LogP contribution >= 0.6 is 0 Å². The molecule has 1 fully saturated rings. The van der Waals surface area contributed by atoms with Crippen molar-refractivity contribution < 1.29 is 4.79 Å². The van der Waals surface area contributed by atoms with E-state index in [-0.39, 0.29) is 5.91 Å². The highest BCUT2D eigenvalue weighted by Gasteiger charge is 2.18. The van der Waals surface area contributed by atoms with Crippen LogP contribution in [0.3, 0.4) is 0 Å². The highest BCUT2D eigenvalue weighted by atomic mass is 16.2. The Bertz CT molecular complexity index is 388. The number of carbonyl (C=O) groups excluding carboxylic acids is 1. The molecule has 0 aliphatic carbocycles. The fourth-order valence-electron chi connectivity index (χ4n) is 2.28. The molecule has 1 amide bonds. The summed E-state index contributed by atoms with van der Waals surface area (Å²) in [5.41, 5.74) is 6.40. The Hall–Kier alpha value is -1.43. The Balaban J connectivity index is 1.72. The summed E-state index contributed by atoms with van der Waals surface area (Å²) >= 11 is 0. The molecular weight excluding hydrogens is 240 g/mol. The standard InChI is InChI=1S/C14H22N4O/c15-6-7-17-8-10-18(11-9-17)12-14(19)16-13-4-2-1-3-5-13/h1-5H,6-12,15H2,(H,16,19). The van der Waals surface area contributed by atoms with Crippen molar-refractivity contribution in [1.82, 2.24) is 9.80 Å². The highest BCUT2D eigenvalue weighted by Crippen LogP contribution is 2.06. The van der Waals surface area contributed by atoms with Gasteiger partial charge in [0.15, 0.2) is 0 Å². The van der Waals surface area contributed by atoms with Crippen molar-refractivity contribution in [3.63, 3.8) is 0 Å². The van der Waals surface area contributed by atoms with Gasteiger partial charge in [-0.3, -0.25) is 14.6 Å². The van der Waals surface area contributed by atoms with Crippen LogP contribution in [-0.4, -0.2) is 61.5 Å². The summed E-state index contributed by atoms with van der Waals surface area (Å²) in [6.45, 7) is 5.97. The van der Waals surface area contributed by atoms with E-state index in [4.69, 9.17) is 5.73 Å². The second-order valence-corrected chi connectivity index (χ2v) is 4.82. The maximum Gasteiger partial charge on any atom is 0.238 e. The van der Waals surface area contributed by atoms with Gasteiger partial charge in [-0.25, -0.2) is 0 Å². The van der Waals surface area contributed by atoms with E-state index in [1.807, 2.05) is 30.3 Å². The van der Waals surface area contributed by atoms with Gasteiger partial charge in [0, 0.05) is 45.0 Å². The Labute approximate surface area is 114 Å². The minimum absolute atomic E-state index is 0.0541. The summed E-state index contributed by atoms with van der Waals surface area (Å²) in [5.74, 6) is 0.0541. The molecule has 1 saturated heterocycles. The number of para-hydroxylation sites is 1. The van der Waals surface area contributed by atoms with Gasteiger partial charge in [0.05, 0.1) is 6.54 Å². The zero-order valence-corrected chi connectivity index (χ0v) is 11.2. The SMILES string of the molecule is NCCN1CCN(CC(=O)Nc2ccccc2)CC1. The van der Waals surface area contributed by atoms with Crippen LogP contribution in [0.5, 0.6) is 0 Å². The number of nitrogens with two attached hydrogens (primary N) is 1. The molecule has 104 valence electrons. The van der Waals surface area contributed by atoms with Crippen LogP contribution in [0.15, 0.2) is 30.3 Å². The van der Waals surface area contributed by atoms with Crippen LogP contribution in [0.1, 0.15) is 0 Å². The molecule has 19 heavy (non-hydrogen) atoms. The number of hydrogen-bond donors (Lipinski definition) is 2. The lowest BCUT2D eigenvalue weighted by Crippen LogP contribution is -2.49. The highest BCUT2D eigenvalue weighted by molar-refractivity contribution is 5.92. The van der Waals surface area contributed by atoms with E-state index in [1.165, 1.54) is 0 Å². The first-order valence-corrected chi connectivity index (χ1v) is 6.77. The lowest BCUT2D eigenvalue weighted by Gasteiger charge is -2.33. The molecule has 1 aromatic carbocycles. The number of piperazine rings is 1. The van der Waals surface area contributed by atoms with Crippen LogP contribution in [0.25, 0.3) is 0 Å². The molecule has 2 rings (SSSR count). The van der Waals surface area contributed by atoms with Gasteiger partial charge in [0.2, 0.25) is 5.91 Å². The number of amides is 1. The van der Waals surface area contributed by atoms with E-state index < -0.39 is 0 Å². The first kappa shape index (κ1) is 14.0. The number of benzene rings is 1. The summed E-state index contributed by atoms with van der Waals surface area (Å²) in [6, 6.07) is 9.57. The molecular formula is C14H22N4O. The van der Waals surface area contributed by atoms with Gasteiger partial charge >= 0.3 is 0 Å². The summed E-state index contributed by atoms with van der Waals surface area (Å²) in [6.07, 6.45) is 0. The molecule has 0 spiro atoms. The fourth-order valence-corrected chi connectivity index (χ4v) is 2.28. The normalized spacial score (nSPS) is 17.3. The largest absolute Gasteiger partial charge is 0.329 e. The minimum Gasteiger partial charge on any atom is -0.329 e. The molecule has 0 saturated carbocycles. The first-order valence-electron chi connectivity index (χ1n) is 6.77. The average molecular weight is 262 g/mol. The summed E-state index contributed by atoms with van der Waals surface area (Å²) in [5, 5.41) is 2.91. The Morgan fingerprint density at radius 3 is 2.37 bits per heavy atom. The molecule has 3 N–H and O–H groups in total. The third-order valence-electron chi connectivity index (χ3n) is 3.33. The monoisotopic (exact) mass is 262 g/mol. The van der Waals surface area contributed by atoms with Gasteiger partial charge in [0.25, 0.3) is 0 Å². The molecule has 5 nitrogen and oxygen atoms in total. The molecule has 0 bridgehead atoms. The molecule has 0 unspecified atom stereocenters. The number of anilines is 1. The predicted octanol–water partition coefficient (Wildman–Crippen LogP) is 0.201. The van der Waals surface area contributed by atoms with E-state index in [1.54, 1.807) is 0 Å². The summed E-state index contributed by atoms with van der Waals surface area (Å²) < 4.78 is 0. The number of rotatable bonds is 5. The minimum atomic E-state index is 0.0541. The Morgan fingerprint density at radius 1 is 1.11 bits per heavy atom. The third kappa shape index (κ3) is 4.63. The Kier molecular flexibility index (Phi) is 5.32. The summed E-state index contributed by atoms with van der Waals surface area (Å²) in [4.78, 5) is 16.4. The number of carbonyl (C=O) groups is 1. The zero-order valence-electron chi connectivity index (χ0n) is 11.2. The third-order valence-corrected chi connectivity index (χ3v) is 3.33. The molecule has 1 heterocycles. The van der Waals surface area contributed by atoms with Crippen LogP contribution in [0, 0.1) is 0 Å². The van der Waals surface area contributed by atoms with Gasteiger partial charge in [0.1, 0.15) is 0 Å². The number of nitrogens with one attached hydrogen (secondary N) is 1. The molecule has 1 aliphatic rings. The average Bonchev–Trinajstić information content (AvgIpc) is 2.42. The van der Waals surface area contributed by atoms with Gasteiger partial charge in [-0.15, -0.1) is 0 Å². The zero-order chi connectivity index (χ0) is 13.5. The van der Waals surface area contributed by atoms with Crippen molar-refractivity contribution in [3.8, 4) is 0 Å². The van der Waals surface area contributed by atoms with Crippen LogP contribution < -0.4 is 11.1 Å². The molecule has 5 heteroatoms. The van der Waals surface area contributed by atoms with Crippen LogP contribution in [0.2, 0.25) is 0 Å².